The minimum Gasteiger partial charge on any atom is -0.496 e. The molecule has 0 aliphatic heterocycles. The van der Waals surface area contributed by atoms with E-state index >= 15 is 0 Å². The van der Waals surface area contributed by atoms with Crippen LogP contribution in [0, 0.1) is 0 Å². The minimum atomic E-state index is -1.03. The minimum absolute atomic E-state index is 0.110. The van der Waals surface area contributed by atoms with Crippen LogP contribution in [-0.2, 0) is 16.1 Å². The number of benzene rings is 2. The van der Waals surface area contributed by atoms with Gasteiger partial charge in [-0.3, -0.25) is 4.79 Å². The third kappa shape index (κ3) is 5.79. The highest BCUT2D eigenvalue weighted by Crippen LogP contribution is 2.29. The Labute approximate surface area is 153 Å². The van der Waals surface area contributed by atoms with Gasteiger partial charge in [0.05, 0.1) is 24.0 Å². The van der Waals surface area contributed by atoms with E-state index in [-0.39, 0.29) is 13.0 Å². The first-order chi connectivity index (χ1) is 12.0. The maximum atomic E-state index is 12.0. The fourth-order valence-corrected chi connectivity index (χ4v) is 2.79. The van der Waals surface area contributed by atoms with Crippen molar-refractivity contribution in [2.75, 3.05) is 7.11 Å². The Morgan fingerprint density at radius 1 is 1.20 bits per heavy atom. The van der Waals surface area contributed by atoms with E-state index in [9.17, 15) is 9.59 Å². The predicted molar refractivity (Wildman–Crippen MR) is 95.5 cm³/mol. The van der Waals surface area contributed by atoms with Gasteiger partial charge in [0.25, 0.3) is 0 Å². The number of hydrogen-bond acceptors (Lipinski definition) is 4. The van der Waals surface area contributed by atoms with Gasteiger partial charge >= 0.3 is 12.1 Å². The number of carbonyl (C=O) groups excluding carboxylic acids is 1. The molecule has 2 aromatic carbocycles. The fourth-order valence-electron chi connectivity index (χ4n) is 2.23. The summed E-state index contributed by atoms with van der Waals surface area (Å²) in [6, 6.07) is 13.6. The number of hydrogen-bond donors (Lipinski definition) is 2. The molecule has 0 fully saturated rings. The molecule has 25 heavy (non-hydrogen) atoms. The van der Waals surface area contributed by atoms with E-state index in [4.69, 9.17) is 14.6 Å². The summed E-state index contributed by atoms with van der Waals surface area (Å²) in [6.45, 7) is 0.110. The Bertz CT molecular complexity index is 736. The molecular weight excluding hydrogens is 390 g/mol. The van der Waals surface area contributed by atoms with Crippen LogP contribution in [0.4, 0.5) is 4.79 Å². The van der Waals surface area contributed by atoms with Crippen molar-refractivity contribution < 1.29 is 24.2 Å². The average Bonchev–Trinajstić information content (AvgIpc) is 2.60. The SMILES string of the molecule is COc1ccc([C@H](CC(=O)O)NC(=O)OCc2ccccc2)cc1Br. The summed E-state index contributed by atoms with van der Waals surface area (Å²) in [5.74, 6) is -0.412. The first-order valence-electron chi connectivity index (χ1n) is 7.52. The number of rotatable bonds is 7. The molecule has 0 bridgehead atoms. The van der Waals surface area contributed by atoms with Gasteiger partial charge in [-0.1, -0.05) is 36.4 Å². The molecular formula is C18H18BrNO5. The van der Waals surface area contributed by atoms with Gasteiger partial charge in [-0.2, -0.15) is 0 Å². The van der Waals surface area contributed by atoms with Gasteiger partial charge in [0.1, 0.15) is 12.4 Å². The van der Waals surface area contributed by atoms with Crippen molar-refractivity contribution >= 4 is 28.0 Å². The molecule has 2 aromatic rings. The lowest BCUT2D eigenvalue weighted by Gasteiger charge is -2.18. The molecule has 6 nitrogen and oxygen atoms in total. The average molecular weight is 408 g/mol. The highest BCUT2D eigenvalue weighted by molar-refractivity contribution is 9.10. The molecule has 1 amide bonds. The zero-order chi connectivity index (χ0) is 18.2. The molecule has 7 heteroatoms. The quantitative estimate of drug-likeness (QED) is 0.726. The molecule has 0 aromatic heterocycles. The zero-order valence-corrected chi connectivity index (χ0v) is 15.2. The van der Waals surface area contributed by atoms with E-state index in [1.54, 1.807) is 18.2 Å². The van der Waals surface area contributed by atoms with Crippen molar-refractivity contribution in [3.05, 3.63) is 64.1 Å². The number of amides is 1. The van der Waals surface area contributed by atoms with E-state index in [0.29, 0.717) is 15.8 Å². The number of alkyl carbamates (subject to hydrolysis) is 1. The molecule has 0 unspecified atom stereocenters. The Morgan fingerprint density at radius 2 is 1.92 bits per heavy atom. The largest absolute Gasteiger partial charge is 0.496 e. The molecule has 0 saturated carbocycles. The summed E-state index contributed by atoms with van der Waals surface area (Å²) in [6.07, 6.45) is -0.943. The molecule has 0 spiro atoms. The molecule has 0 heterocycles. The van der Waals surface area contributed by atoms with Crippen LogP contribution in [0.1, 0.15) is 23.6 Å². The van der Waals surface area contributed by atoms with Crippen LogP contribution in [0.3, 0.4) is 0 Å². The Kier molecular flexibility index (Phi) is 6.82. The van der Waals surface area contributed by atoms with Gasteiger partial charge in [0.15, 0.2) is 0 Å². The molecule has 0 saturated heterocycles. The summed E-state index contributed by atoms with van der Waals surface area (Å²) in [5.41, 5.74) is 1.48. The number of nitrogens with one attached hydrogen (secondary N) is 1. The molecule has 2 N–H and O–H groups in total. The fraction of sp³-hybridized carbons (Fsp3) is 0.222. The molecule has 0 aliphatic carbocycles. The first-order valence-corrected chi connectivity index (χ1v) is 8.31. The van der Waals surface area contributed by atoms with Crippen LogP contribution in [0.5, 0.6) is 5.75 Å². The second-order valence-corrected chi connectivity index (χ2v) is 6.10. The van der Waals surface area contributed by atoms with Crippen LogP contribution < -0.4 is 10.1 Å². The van der Waals surface area contributed by atoms with Crippen LogP contribution in [0.25, 0.3) is 0 Å². The van der Waals surface area contributed by atoms with Crippen LogP contribution in [0.2, 0.25) is 0 Å². The number of carboxylic acids is 1. The van der Waals surface area contributed by atoms with Crippen molar-refractivity contribution in [2.24, 2.45) is 0 Å². The maximum Gasteiger partial charge on any atom is 0.407 e. The Hall–Kier alpha value is -2.54. The number of ether oxygens (including phenoxy) is 2. The predicted octanol–water partition coefficient (Wildman–Crippen LogP) is 3.90. The maximum absolute atomic E-state index is 12.0. The second-order valence-electron chi connectivity index (χ2n) is 5.25. The standard InChI is InChI=1S/C18H18BrNO5/c1-24-16-8-7-13(9-14(16)19)15(10-17(21)22)20-18(23)25-11-12-5-3-2-4-6-12/h2-9,15H,10-11H2,1H3,(H,20,23)(H,21,22)/t15-/m0/s1. The molecule has 0 radical (unpaired) electrons. The molecule has 2 rings (SSSR count). The van der Waals surface area contributed by atoms with Crippen molar-refractivity contribution in [3.8, 4) is 5.75 Å². The summed E-state index contributed by atoms with van der Waals surface area (Å²) in [7, 11) is 1.54. The smallest absolute Gasteiger partial charge is 0.407 e. The lowest BCUT2D eigenvalue weighted by Crippen LogP contribution is -2.30. The molecule has 132 valence electrons. The lowest BCUT2D eigenvalue weighted by molar-refractivity contribution is -0.137. The number of methoxy groups -OCH3 is 1. The highest BCUT2D eigenvalue weighted by atomic mass is 79.9. The van der Waals surface area contributed by atoms with Gasteiger partial charge in [-0.25, -0.2) is 4.79 Å². The topological polar surface area (TPSA) is 84.9 Å². The van der Waals surface area contributed by atoms with E-state index in [1.807, 2.05) is 30.3 Å². The van der Waals surface area contributed by atoms with Crippen molar-refractivity contribution in [2.45, 2.75) is 19.1 Å². The number of aliphatic carboxylic acids is 1. The number of carboxylic acid groups (broad SMARTS) is 1. The molecule has 1 atom stereocenters. The zero-order valence-electron chi connectivity index (χ0n) is 13.6. The monoisotopic (exact) mass is 407 g/mol. The van der Waals surface area contributed by atoms with E-state index in [2.05, 4.69) is 21.2 Å². The summed E-state index contributed by atoms with van der Waals surface area (Å²) < 4.78 is 11.0. The van der Waals surface area contributed by atoms with Crippen molar-refractivity contribution in [1.82, 2.24) is 5.32 Å². The van der Waals surface area contributed by atoms with E-state index < -0.39 is 18.1 Å². The van der Waals surface area contributed by atoms with Crippen molar-refractivity contribution in [1.29, 1.82) is 0 Å². The molecule has 0 aliphatic rings. The Morgan fingerprint density at radius 3 is 2.52 bits per heavy atom. The van der Waals surface area contributed by atoms with Crippen molar-refractivity contribution in [3.63, 3.8) is 0 Å². The highest BCUT2D eigenvalue weighted by Gasteiger charge is 2.20. The summed E-state index contributed by atoms with van der Waals surface area (Å²) in [4.78, 5) is 23.2. The third-order valence-corrected chi connectivity index (χ3v) is 4.08. The lowest BCUT2D eigenvalue weighted by atomic mass is 10.0. The normalized spacial score (nSPS) is 11.4. The van der Waals surface area contributed by atoms with Gasteiger partial charge in [-0.05, 0) is 39.2 Å². The van der Waals surface area contributed by atoms with Crippen LogP contribution in [0.15, 0.2) is 53.0 Å². The van der Waals surface area contributed by atoms with Gasteiger partial charge in [0, 0.05) is 0 Å². The van der Waals surface area contributed by atoms with Gasteiger partial charge < -0.3 is 19.9 Å². The van der Waals surface area contributed by atoms with Gasteiger partial charge in [0.2, 0.25) is 0 Å². The van der Waals surface area contributed by atoms with Crippen LogP contribution in [-0.4, -0.2) is 24.3 Å². The Balaban J connectivity index is 2.05. The van der Waals surface area contributed by atoms with E-state index in [1.165, 1.54) is 7.11 Å². The number of carbonyl (C=O) groups is 2. The first kappa shape index (κ1) is 18.8. The second kappa shape index (κ2) is 9.08. The van der Waals surface area contributed by atoms with E-state index in [0.717, 1.165) is 5.56 Å². The summed E-state index contributed by atoms with van der Waals surface area (Å²) in [5, 5.41) is 11.7. The number of halogens is 1. The third-order valence-electron chi connectivity index (χ3n) is 3.46. The van der Waals surface area contributed by atoms with Gasteiger partial charge in [-0.15, -0.1) is 0 Å². The summed E-state index contributed by atoms with van der Waals surface area (Å²) >= 11 is 3.35. The van der Waals surface area contributed by atoms with Crippen LogP contribution >= 0.6 is 15.9 Å².